The molecule has 0 unspecified atom stereocenters. The summed E-state index contributed by atoms with van der Waals surface area (Å²) in [5.41, 5.74) is 0. The van der Waals surface area contributed by atoms with Gasteiger partial charge in [0.2, 0.25) is 0 Å². The van der Waals surface area contributed by atoms with Crippen LogP contribution < -0.4 is 0 Å². The van der Waals surface area contributed by atoms with Crippen LogP contribution in [0.1, 0.15) is 51.9 Å². The minimum atomic E-state index is -0.226. The van der Waals surface area contributed by atoms with E-state index in [1.807, 2.05) is 6.92 Å². The number of unbranched alkanes of at least 4 members (excludes halogenated alkanes) is 1. The molecular weight excluding hydrogens is 192 g/mol. The Morgan fingerprint density at radius 3 is 2.53 bits per heavy atom. The highest BCUT2D eigenvalue weighted by atomic mass is 16.5. The molecule has 0 aromatic carbocycles. The van der Waals surface area contributed by atoms with Crippen LogP contribution in [0.3, 0.4) is 0 Å². The maximum Gasteiger partial charge on any atom is 0.306 e. The van der Waals surface area contributed by atoms with Crippen molar-refractivity contribution in [2.24, 2.45) is 5.92 Å². The molecule has 1 rings (SSSR count). The maximum atomic E-state index is 11.5. The maximum absolute atomic E-state index is 11.5. The van der Waals surface area contributed by atoms with E-state index in [1.165, 1.54) is 0 Å². The van der Waals surface area contributed by atoms with E-state index < -0.39 is 0 Å². The second-order valence-electron chi connectivity index (χ2n) is 4.17. The number of ether oxygens (including phenoxy) is 1. The Morgan fingerprint density at radius 2 is 2.00 bits per heavy atom. The number of hydrogen-bond acceptors (Lipinski definition) is 3. The van der Waals surface area contributed by atoms with Gasteiger partial charge in [-0.15, -0.1) is 0 Å². The molecule has 1 aliphatic rings. The molecule has 0 aliphatic heterocycles. The summed E-state index contributed by atoms with van der Waals surface area (Å²) < 4.78 is 4.97. The van der Waals surface area contributed by atoms with Crippen LogP contribution >= 0.6 is 0 Å². The molecule has 0 aromatic rings. The summed E-state index contributed by atoms with van der Waals surface area (Å²) in [5, 5.41) is 0. The van der Waals surface area contributed by atoms with Gasteiger partial charge in [0, 0.05) is 12.3 Å². The molecule has 0 saturated heterocycles. The number of hydrogen-bond donors (Lipinski definition) is 0. The second kappa shape index (κ2) is 6.59. The van der Waals surface area contributed by atoms with Crippen LogP contribution in [0.15, 0.2) is 0 Å². The molecule has 1 aliphatic carbocycles. The summed E-state index contributed by atoms with van der Waals surface area (Å²) in [6.07, 6.45) is 5.76. The largest absolute Gasteiger partial charge is 0.466 e. The topological polar surface area (TPSA) is 43.4 Å². The number of carbonyl (C=O) groups is 2. The summed E-state index contributed by atoms with van der Waals surface area (Å²) in [6, 6.07) is 0. The third-order valence-corrected chi connectivity index (χ3v) is 2.90. The van der Waals surface area contributed by atoms with E-state index in [1.54, 1.807) is 0 Å². The van der Waals surface area contributed by atoms with E-state index >= 15 is 0 Å². The van der Waals surface area contributed by atoms with E-state index in [0.717, 1.165) is 32.1 Å². The van der Waals surface area contributed by atoms with Crippen molar-refractivity contribution in [3.63, 3.8) is 0 Å². The Kier molecular flexibility index (Phi) is 5.37. The standard InChI is InChI=1S/C12H20O3/c1-2-3-9-15-12(14)8-7-11(13)10-5-4-6-10/h10H,2-9H2,1H3. The number of esters is 1. The smallest absolute Gasteiger partial charge is 0.306 e. The minimum Gasteiger partial charge on any atom is -0.466 e. The Bertz CT molecular complexity index is 219. The number of ketones is 1. The molecule has 0 radical (unpaired) electrons. The molecule has 3 nitrogen and oxygen atoms in total. The number of Topliss-reactive ketones (excluding diaryl/α,β-unsaturated/α-hetero) is 1. The molecule has 0 amide bonds. The van der Waals surface area contributed by atoms with E-state index in [2.05, 4.69) is 0 Å². The van der Waals surface area contributed by atoms with Gasteiger partial charge in [-0.05, 0) is 19.3 Å². The molecule has 0 atom stereocenters. The average molecular weight is 212 g/mol. The fourth-order valence-electron chi connectivity index (χ4n) is 1.56. The Morgan fingerprint density at radius 1 is 1.27 bits per heavy atom. The molecule has 0 bridgehead atoms. The van der Waals surface area contributed by atoms with Gasteiger partial charge >= 0.3 is 5.97 Å². The quantitative estimate of drug-likeness (QED) is 0.481. The normalized spacial score (nSPS) is 15.8. The molecule has 86 valence electrons. The molecule has 3 heteroatoms. The fraction of sp³-hybridized carbons (Fsp3) is 0.833. The van der Waals surface area contributed by atoms with Crippen LogP contribution in [0, 0.1) is 5.92 Å². The van der Waals surface area contributed by atoms with Crippen LogP contribution in [0.4, 0.5) is 0 Å². The molecule has 1 fully saturated rings. The van der Waals surface area contributed by atoms with Crippen LogP contribution in [-0.4, -0.2) is 18.4 Å². The Hall–Kier alpha value is -0.860. The summed E-state index contributed by atoms with van der Waals surface area (Å²) >= 11 is 0. The lowest BCUT2D eigenvalue weighted by Crippen LogP contribution is -2.22. The molecule has 15 heavy (non-hydrogen) atoms. The zero-order valence-corrected chi connectivity index (χ0v) is 9.46. The SMILES string of the molecule is CCCCOC(=O)CCC(=O)C1CCC1. The van der Waals surface area contributed by atoms with E-state index in [0.29, 0.717) is 13.0 Å². The highest BCUT2D eigenvalue weighted by Gasteiger charge is 2.25. The average Bonchev–Trinajstić information content (AvgIpc) is 2.12. The Labute approximate surface area is 91.2 Å². The zero-order valence-electron chi connectivity index (χ0n) is 9.46. The molecule has 0 heterocycles. The van der Waals surface area contributed by atoms with Crippen molar-refractivity contribution in [2.75, 3.05) is 6.61 Å². The first kappa shape index (κ1) is 12.2. The van der Waals surface area contributed by atoms with Crippen LogP contribution in [0.25, 0.3) is 0 Å². The van der Waals surface area contributed by atoms with Gasteiger partial charge < -0.3 is 4.74 Å². The molecule has 0 aromatic heterocycles. The van der Waals surface area contributed by atoms with Crippen molar-refractivity contribution in [3.8, 4) is 0 Å². The summed E-state index contributed by atoms with van der Waals surface area (Å²) in [4.78, 5) is 22.6. The lowest BCUT2D eigenvalue weighted by atomic mass is 9.81. The third-order valence-electron chi connectivity index (χ3n) is 2.90. The predicted molar refractivity (Wildman–Crippen MR) is 57.4 cm³/mol. The van der Waals surface area contributed by atoms with E-state index in [9.17, 15) is 9.59 Å². The molecule has 1 saturated carbocycles. The lowest BCUT2D eigenvalue weighted by molar-refractivity contribution is -0.145. The second-order valence-corrected chi connectivity index (χ2v) is 4.17. The van der Waals surface area contributed by atoms with Gasteiger partial charge in [-0.25, -0.2) is 0 Å². The highest BCUT2D eigenvalue weighted by molar-refractivity contribution is 5.85. The van der Waals surface area contributed by atoms with Crippen molar-refractivity contribution in [1.29, 1.82) is 0 Å². The van der Waals surface area contributed by atoms with E-state index in [-0.39, 0.29) is 24.1 Å². The van der Waals surface area contributed by atoms with Gasteiger partial charge in [-0.2, -0.15) is 0 Å². The number of rotatable bonds is 7. The van der Waals surface area contributed by atoms with Gasteiger partial charge in [0.15, 0.2) is 0 Å². The first-order valence-electron chi connectivity index (χ1n) is 5.92. The van der Waals surface area contributed by atoms with E-state index in [4.69, 9.17) is 4.74 Å². The van der Waals surface area contributed by atoms with Crippen molar-refractivity contribution in [2.45, 2.75) is 51.9 Å². The zero-order chi connectivity index (χ0) is 11.1. The number of carbonyl (C=O) groups excluding carboxylic acids is 2. The first-order chi connectivity index (χ1) is 7.24. The Balaban J connectivity index is 2.02. The first-order valence-corrected chi connectivity index (χ1v) is 5.92. The van der Waals surface area contributed by atoms with Gasteiger partial charge in [0.1, 0.15) is 5.78 Å². The highest BCUT2D eigenvalue weighted by Crippen LogP contribution is 2.28. The summed E-state index contributed by atoms with van der Waals surface area (Å²) in [6.45, 7) is 2.54. The lowest BCUT2D eigenvalue weighted by Gasteiger charge is -2.23. The van der Waals surface area contributed by atoms with Gasteiger partial charge in [0.05, 0.1) is 13.0 Å². The van der Waals surface area contributed by atoms with Crippen molar-refractivity contribution >= 4 is 11.8 Å². The summed E-state index contributed by atoms with van der Waals surface area (Å²) in [7, 11) is 0. The van der Waals surface area contributed by atoms with Gasteiger partial charge in [-0.3, -0.25) is 9.59 Å². The van der Waals surface area contributed by atoms with Crippen LogP contribution in [-0.2, 0) is 14.3 Å². The summed E-state index contributed by atoms with van der Waals surface area (Å²) in [5.74, 6) is 0.262. The fourth-order valence-corrected chi connectivity index (χ4v) is 1.56. The van der Waals surface area contributed by atoms with Crippen molar-refractivity contribution in [3.05, 3.63) is 0 Å². The van der Waals surface area contributed by atoms with Crippen molar-refractivity contribution < 1.29 is 14.3 Å². The van der Waals surface area contributed by atoms with Gasteiger partial charge in [0.25, 0.3) is 0 Å². The molecule has 0 spiro atoms. The molecule has 0 N–H and O–H groups in total. The molecular formula is C12H20O3. The monoisotopic (exact) mass is 212 g/mol. The minimum absolute atomic E-state index is 0.226. The van der Waals surface area contributed by atoms with Crippen LogP contribution in [0.2, 0.25) is 0 Å². The van der Waals surface area contributed by atoms with Crippen LogP contribution in [0.5, 0.6) is 0 Å². The predicted octanol–water partition coefficient (Wildman–Crippen LogP) is 2.48. The van der Waals surface area contributed by atoms with Gasteiger partial charge in [-0.1, -0.05) is 19.8 Å². The third kappa shape index (κ3) is 4.45. The van der Waals surface area contributed by atoms with Crippen molar-refractivity contribution in [1.82, 2.24) is 0 Å².